The molecule has 1 aliphatic heterocycles. The van der Waals surface area contributed by atoms with E-state index in [1.165, 1.54) is 11.3 Å². The zero-order valence-corrected chi connectivity index (χ0v) is 16.1. The number of nitrogens with zero attached hydrogens (tertiary/aromatic N) is 6. The molecule has 0 saturated carbocycles. The average Bonchev–Trinajstić information content (AvgIpc) is 3.12. The van der Waals surface area contributed by atoms with Crippen LogP contribution in [0.15, 0.2) is 36.9 Å². The van der Waals surface area contributed by atoms with Crippen LogP contribution in [0.1, 0.15) is 12.0 Å². The number of hydrogen-bond donors (Lipinski definition) is 1. The van der Waals surface area contributed by atoms with Crippen LogP contribution in [0.25, 0.3) is 11.2 Å². The monoisotopic (exact) mass is 365 g/mol. The van der Waals surface area contributed by atoms with Crippen molar-refractivity contribution in [2.45, 2.75) is 19.9 Å². The van der Waals surface area contributed by atoms with Crippen LogP contribution >= 0.6 is 0 Å². The Morgan fingerprint density at radius 1 is 0.963 bits per heavy atom. The number of hydrogen-bond acceptors (Lipinski definition) is 6. The normalized spacial score (nSPS) is 15.4. The van der Waals surface area contributed by atoms with Crippen LogP contribution in [0, 0.1) is 6.92 Å². The van der Waals surface area contributed by atoms with E-state index in [0.717, 1.165) is 62.7 Å². The molecular formula is C20H27N7. The summed E-state index contributed by atoms with van der Waals surface area (Å²) >= 11 is 0. The number of piperazine rings is 1. The molecule has 1 saturated heterocycles. The first-order chi connectivity index (χ1) is 13.2. The van der Waals surface area contributed by atoms with Crippen molar-refractivity contribution in [1.82, 2.24) is 24.4 Å². The molecule has 7 nitrogen and oxygen atoms in total. The van der Waals surface area contributed by atoms with Gasteiger partial charge in [-0.2, -0.15) is 0 Å². The molecule has 1 aliphatic rings. The van der Waals surface area contributed by atoms with Crippen molar-refractivity contribution in [2.24, 2.45) is 0 Å². The Kier molecular flexibility index (Phi) is 5.20. The van der Waals surface area contributed by atoms with E-state index in [-0.39, 0.29) is 0 Å². The Balaban J connectivity index is 1.28. The summed E-state index contributed by atoms with van der Waals surface area (Å²) in [6.45, 7) is 8.58. The maximum atomic E-state index is 4.46. The van der Waals surface area contributed by atoms with Gasteiger partial charge in [0, 0.05) is 45.5 Å². The van der Waals surface area contributed by atoms with Gasteiger partial charge >= 0.3 is 0 Å². The summed E-state index contributed by atoms with van der Waals surface area (Å²) < 4.78 is 2.13. The maximum Gasteiger partial charge on any atom is 0.165 e. The smallest absolute Gasteiger partial charge is 0.165 e. The highest BCUT2D eigenvalue weighted by Crippen LogP contribution is 2.18. The third-order valence-corrected chi connectivity index (χ3v) is 5.28. The fraction of sp³-hybridized carbons (Fsp3) is 0.450. The highest BCUT2D eigenvalue weighted by atomic mass is 15.3. The summed E-state index contributed by atoms with van der Waals surface area (Å²) in [6.07, 6.45) is 4.56. The molecule has 0 radical (unpaired) electrons. The van der Waals surface area contributed by atoms with Crippen LogP contribution in [0.3, 0.4) is 0 Å². The summed E-state index contributed by atoms with van der Waals surface area (Å²) in [5.74, 6) is 0.783. The number of anilines is 2. The number of aromatic nitrogens is 4. The zero-order chi connectivity index (χ0) is 18.6. The number of rotatable bonds is 6. The minimum Gasteiger partial charge on any atom is -0.371 e. The lowest BCUT2D eigenvalue weighted by Gasteiger charge is -2.36. The van der Waals surface area contributed by atoms with Crippen molar-refractivity contribution in [3.63, 3.8) is 0 Å². The number of nitrogens with one attached hydrogen (secondary N) is 1. The van der Waals surface area contributed by atoms with Crippen LogP contribution in [-0.4, -0.2) is 64.2 Å². The minimum atomic E-state index is 0.783. The van der Waals surface area contributed by atoms with Crippen molar-refractivity contribution in [1.29, 1.82) is 0 Å². The molecule has 2 aromatic heterocycles. The van der Waals surface area contributed by atoms with Crippen molar-refractivity contribution in [3.05, 3.63) is 42.5 Å². The number of fused-ring (bicyclic) bond motifs is 1. The highest BCUT2D eigenvalue weighted by molar-refractivity contribution is 5.82. The zero-order valence-electron chi connectivity index (χ0n) is 16.1. The molecule has 0 atom stereocenters. The second kappa shape index (κ2) is 7.92. The van der Waals surface area contributed by atoms with Crippen molar-refractivity contribution < 1.29 is 0 Å². The van der Waals surface area contributed by atoms with Crippen molar-refractivity contribution >= 4 is 22.7 Å². The largest absolute Gasteiger partial charge is 0.371 e. The van der Waals surface area contributed by atoms with Gasteiger partial charge in [-0.3, -0.25) is 4.90 Å². The van der Waals surface area contributed by atoms with Crippen LogP contribution in [-0.2, 0) is 6.54 Å². The van der Waals surface area contributed by atoms with Gasteiger partial charge in [0.25, 0.3) is 0 Å². The topological polar surface area (TPSA) is 62.1 Å². The molecule has 3 heterocycles. The van der Waals surface area contributed by atoms with Gasteiger partial charge in [0.2, 0.25) is 0 Å². The Labute approximate surface area is 160 Å². The van der Waals surface area contributed by atoms with E-state index >= 15 is 0 Å². The van der Waals surface area contributed by atoms with Gasteiger partial charge in [0.05, 0.1) is 6.33 Å². The van der Waals surface area contributed by atoms with E-state index in [1.807, 2.05) is 13.4 Å². The first-order valence-corrected chi connectivity index (χ1v) is 9.62. The van der Waals surface area contributed by atoms with Crippen molar-refractivity contribution in [2.75, 3.05) is 50.0 Å². The minimum absolute atomic E-state index is 0.783. The van der Waals surface area contributed by atoms with Crippen LogP contribution in [0.2, 0.25) is 0 Å². The molecule has 27 heavy (non-hydrogen) atoms. The molecule has 0 aliphatic carbocycles. The number of benzene rings is 1. The SMILES string of the molecule is CNc1ncnc2c1ncn2CCCN1CCN(c2ccc(C)cc2)CC1. The average molecular weight is 365 g/mol. The number of imidazole rings is 1. The van der Waals surface area contributed by atoms with Gasteiger partial charge < -0.3 is 14.8 Å². The maximum absolute atomic E-state index is 4.46. The molecule has 1 N–H and O–H groups in total. The Morgan fingerprint density at radius 3 is 2.48 bits per heavy atom. The van der Waals surface area contributed by atoms with Gasteiger partial charge in [-0.25, -0.2) is 15.0 Å². The van der Waals surface area contributed by atoms with E-state index in [1.54, 1.807) is 6.33 Å². The predicted molar refractivity (Wildman–Crippen MR) is 109 cm³/mol. The molecule has 3 aromatic rings. The van der Waals surface area contributed by atoms with Gasteiger partial charge in [-0.05, 0) is 32.0 Å². The summed E-state index contributed by atoms with van der Waals surface area (Å²) in [5.41, 5.74) is 4.40. The molecule has 1 aromatic carbocycles. The standard InChI is InChI=1S/C20H27N7/c1-16-4-6-17(7-5-16)26-12-10-25(11-13-26)8-3-9-27-15-24-18-19(21-2)22-14-23-20(18)27/h4-7,14-15H,3,8-13H2,1-2H3,(H,21,22,23). The molecule has 0 unspecified atom stereocenters. The van der Waals surface area contributed by atoms with E-state index in [0.29, 0.717) is 0 Å². The number of aryl methyl sites for hydroxylation is 2. The molecule has 0 spiro atoms. The summed E-state index contributed by atoms with van der Waals surface area (Å²) in [5, 5.41) is 3.07. The van der Waals surface area contributed by atoms with Crippen molar-refractivity contribution in [3.8, 4) is 0 Å². The first-order valence-electron chi connectivity index (χ1n) is 9.62. The van der Waals surface area contributed by atoms with E-state index < -0.39 is 0 Å². The molecule has 1 fully saturated rings. The lowest BCUT2D eigenvalue weighted by atomic mass is 10.2. The fourth-order valence-corrected chi connectivity index (χ4v) is 3.68. The van der Waals surface area contributed by atoms with E-state index in [2.05, 4.69) is 65.8 Å². The summed E-state index contributed by atoms with van der Waals surface area (Å²) in [4.78, 5) is 18.1. The summed E-state index contributed by atoms with van der Waals surface area (Å²) in [7, 11) is 1.86. The molecular weight excluding hydrogens is 338 g/mol. The molecule has 0 amide bonds. The van der Waals surface area contributed by atoms with Gasteiger partial charge in [-0.15, -0.1) is 0 Å². The lowest BCUT2D eigenvalue weighted by molar-refractivity contribution is 0.251. The van der Waals surface area contributed by atoms with E-state index in [9.17, 15) is 0 Å². The predicted octanol–water partition coefficient (Wildman–Crippen LogP) is 2.39. The molecule has 7 heteroatoms. The van der Waals surface area contributed by atoms with Crippen LogP contribution < -0.4 is 10.2 Å². The van der Waals surface area contributed by atoms with Crippen LogP contribution in [0.5, 0.6) is 0 Å². The Hall–Kier alpha value is -2.67. The molecule has 0 bridgehead atoms. The summed E-state index contributed by atoms with van der Waals surface area (Å²) in [6, 6.07) is 8.85. The first kappa shape index (κ1) is 17.7. The third kappa shape index (κ3) is 3.88. The van der Waals surface area contributed by atoms with Crippen LogP contribution in [0.4, 0.5) is 11.5 Å². The van der Waals surface area contributed by atoms with E-state index in [4.69, 9.17) is 0 Å². The fourth-order valence-electron chi connectivity index (χ4n) is 3.68. The molecule has 142 valence electrons. The molecule has 4 rings (SSSR count). The quantitative estimate of drug-likeness (QED) is 0.724. The van der Waals surface area contributed by atoms with Gasteiger partial charge in [-0.1, -0.05) is 17.7 Å². The third-order valence-electron chi connectivity index (χ3n) is 5.28. The highest BCUT2D eigenvalue weighted by Gasteiger charge is 2.17. The van der Waals surface area contributed by atoms with Gasteiger partial charge in [0.1, 0.15) is 11.8 Å². The second-order valence-electron chi connectivity index (χ2n) is 7.10. The lowest BCUT2D eigenvalue weighted by Crippen LogP contribution is -2.46. The second-order valence-corrected chi connectivity index (χ2v) is 7.10. The van der Waals surface area contributed by atoms with Gasteiger partial charge in [0.15, 0.2) is 11.5 Å². The Morgan fingerprint density at radius 2 is 1.74 bits per heavy atom. The Bertz CT molecular complexity index is 879.